The van der Waals surface area contributed by atoms with Gasteiger partial charge in [0, 0.05) is 26.2 Å². The molecule has 0 spiro atoms. The molecule has 0 unspecified atom stereocenters. The first-order valence-electron chi connectivity index (χ1n) is 11.6. The van der Waals surface area contributed by atoms with Gasteiger partial charge in [-0.2, -0.15) is 0 Å². The molecule has 174 valence electrons. The predicted molar refractivity (Wildman–Crippen MR) is 123 cm³/mol. The van der Waals surface area contributed by atoms with Crippen LogP contribution in [0.2, 0.25) is 0 Å². The zero-order valence-electron chi connectivity index (χ0n) is 19.4. The lowest BCUT2D eigenvalue weighted by molar-refractivity contribution is -0.137. The van der Waals surface area contributed by atoms with Gasteiger partial charge in [-0.05, 0) is 55.9 Å². The van der Waals surface area contributed by atoms with E-state index in [4.69, 9.17) is 5.41 Å². The molecule has 8 nitrogen and oxygen atoms in total. The van der Waals surface area contributed by atoms with Crippen molar-refractivity contribution >= 4 is 29.0 Å². The molecule has 0 bridgehead atoms. The molecule has 1 aromatic rings. The van der Waals surface area contributed by atoms with E-state index in [1.165, 1.54) is 26.0 Å². The summed E-state index contributed by atoms with van der Waals surface area (Å²) in [6.07, 6.45) is 9.23. The van der Waals surface area contributed by atoms with E-state index in [1.807, 2.05) is 0 Å². The average molecular weight is 443 g/mol. The number of likely N-dealkylation sites (tertiary alicyclic amines) is 1. The summed E-state index contributed by atoms with van der Waals surface area (Å²) in [6, 6.07) is 1.22. The summed E-state index contributed by atoms with van der Waals surface area (Å²) < 4.78 is 0. The van der Waals surface area contributed by atoms with Crippen molar-refractivity contribution < 1.29 is 19.8 Å². The van der Waals surface area contributed by atoms with Crippen LogP contribution in [0.25, 0.3) is 0 Å². The van der Waals surface area contributed by atoms with Gasteiger partial charge in [0.2, 0.25) is 23.3 Å². The number of carbonyl (C=O) groups is 3. The number of aromatic nitrogens is 1. The molecule has 1 aliphatic carbocycles. The molecule has 2 fully saturated rings. The summed E-state index contributed by atoms with van der Waals surface area (Å²) in [6.45, 7) is 7.26. The second kappa shape index (κ2) is 10.2. The summed E-state index contributed by atoms with van der Waals surface area (Å²) in [4.78, 5) is 43.1. The van der Waals surface area contributed by atoms with Gasteiger partial charge in [-0.1, -0.05) is 13.8 Å². The van der Waals surface area contributed by atoms with Gasteiger partial charge in [-0.25, -0.2) is 0 Å². The highest BCUT2D eigenvalue weighted by molar-refractivity contribution is 6.43. The number of hydrogen-bond donors (Lipinski definition) is 3. The van der Waals surface area contributed by atoms with Gasteiger partial charge >= 0.3 is 0 Å². The van der Waals surface area contributed by atoms with E-state index >= 15 is 0 Å². The second-order valence-electron chi connectivity index (χ2n) is 9.84. The fourth-order valence-electron chi connectivity index (χ4n) is 4.60. The highest BCUT2D eigenvalue weighted by Crippen LogP contribution is 2.37. The van der Waals surface area contributed by atoms with Crippen molar-refractivity contribution in [1.82, 2.24) is 15.2 Å². The molecule has 2 amide bonds. The molecule has 2 aliphatic rings. The molecular weight excluding hydrogens is 406 g/mol. The van der Waals surface area contributed by atoms with Crippen LogP contribution in [-0.2, 0) is 14.4 Å². The smallest absolute Gasteiger partial charge is 0.249 e. The number of pyridine rings is 1. The molecule has 1 atom stereocenters. The topological polar surface area (TPSA) is 117 Å². The Balaban J connectivity index is 1.53. The van der Waals surface area contributed by atoms with E-state index in [0.29, 0.717) is 42.1 Å². The van der Waals surface area contributed by atoms with Crippen molar-refractivity contribution in [2.75, 3.05) is 25.0 Å². The van der Waals surface area contributed by atoms with Crippen molar-refractivity contribution in [3.8, 4) is 0 Å². The minimum Gasteiger partial charge on any atom is -0.374 e. The van der Waals surface area contributed by atoms with E-state index in [9.17, 15) is 14.4 Å². The molecule has 1 saturated heterocycles. The van der Waals surface area contributed by atoms with Crippen LogP contribution in [0, 0.1) is 11.3 Å². The Labute approximate surface area is 190 Å². The van der Waals surface area contributed by atoms with Crippen molar-refractivity contribution in [2.45, 2.75) is 65.3 Å². The SMILES string of the molecule is CC(=O)C(=[NH2+])c1ccncc1NCC(=O)N1CCC[C@H]1C(=O)NCC1CCC(C)(C)CC1. The van der Waals surface area contributed by atoms with E-state index in [1.54, 1.807) is 17.2 Å². The number of Topliss-reactive ketones (excluding diaryl/α,β-unsaturated/α-hetero) is 1. The highest BCUT2D eigenvalue weighted by Gasteiger charge is 2.34. The maximum Gasteiger partial charge on any atom is 0.249 e. The Bertz CT molecular complexity index is 872. The van der Waals surface area contributed by atoms with Crippen molar-refractivity contribution in [3.05, 3.63) is 24.0 Å². The van der Waals surface area contributed by atoms with E-state index in [0.717, 1.165) is 19.3 Å². The molecule has 1 saturated carbocycles. The van der Waals surface area contributed by atoms with Crippen LogP contribution in [0.5, 0.6) is 0 Å². The Morgan fingerprint density at radius 2 is 1.94 bits per heavy atom. The van der Waals surface area contributed by atoms with Gasteiger partial charge in [0.25, 0.3) is 0 Å². The maximum atomic E-state index is 12.9. The minimum atomic E-state index is -0.424. The summed E-state index contributed by atoms with van der Waals surface area (Å²) in [5.41, 5.74) is 1.57. The molecular formula is C24H36N5O3+. The van der Waals surface area contributed by atoms with Crippen LogP contribution in [0.1, 0.15) is 64.9 Å². The zero-order valence-corrected chi connectivity index (χ0v) is 19.4. The number of nitrogens with one attached hydrogen (secondary N) is 2. The van der Waals surface area contributed by atoms with Gasteiger partial charge in [-0.3, -0.25) is 24.8 Å². The van der Waals surface area contributed by atoms with Gasteiger partial charge in [-0.15, -0.1) is 0 Å². The lowest BCUT2D eigenvalue weighted by Crippen LogP contribution is -2.48. The third-order valence-corrected chi connectivity index (χ3v) is 6.82. The molecule has 4 N–H and O–H groups in total. The molecule has 2 heterocycles. The molecule has 3 rings (SSSR count). The zero-order chi connectivity index (χ0) is 23.3. The molecule has 1 aromatic heterocycles. The first kappa shape index (κ1) is 23.9. The quantitative estimate of drug-likeness (QED) is 0.519. The first-order chi connectivity index (χ1) is 15.2. The lowest BCUT2D eigenvalue weighted by atomic mass is 9.73. The van der Waals surface area contributed by atoms with Gasteiger partial charge in [0.05, 0.1) is 24.0 Å². The number of rotatable bonds is 8. The summed E-state index contributed by atoms with van der Waals surface area (Å²) in [7, 11) is 0. The van der Waals surface area contributed by atoms with Crippen LogP contribution in [0.3, 0.4) is 0 Å². The second-order valence-corrected chi connectivity index (χ2v) is 9.84. The fraction of sp³-hybridized carbons (Fsp3) is 0.625. The van der Waals surface area contributed by atoms with Crippen molar-refractivity contribution in [3.63, 3.8) is 0 Å². The van der Waals surface area contributed by atoms with Crippen LogP contribution in [-0.4, -0.2) is 58.9 Å². The van der Waals surface area contributed by atoms with Gasteiger partial charge in [0.15, 0.2) is 0 Å². The monoisotopic (exact) mass is 442 g/mol. The molecule has 1 aliphatic heterocycles. The van der Waals surface area contributed by atoms with Crippen LogP contribution in [0.4, 0.5) is 5.69 Å². The summed E-state index contributed by atoms with van der Waals surface area (Å²) >= 11 is 0. The maximum absolute atomic E-state index is 12.9. The molecule has 0 radical (unpaired) electrons. The number of ketones is 1. The molecule has 8 heteroatoms. The third-order valence-electron chi connectivity index (χ3n) is 6.82. The average Bonchev–Trinajstić information content (AvgIpc) is 3.26. The number of anilines is 1. The number of amides is 2. The van der Waals surface area contributed by atoms with Crippen LogP contribution < -0.4 is 16.0 Å². The Morgan fingerprint density at radius 1 is 1.22 bits per heavy atom. The fourth-order valence-corrected chi connectivity index (χ4v) is 4.60. The predicted octanol–water partition coefficient (Wildman–Crippen LogP) is 0.954. The Morgan fingerprint density at radius 3 is 2.62 bits per heavy atom. The van der Waals surface area contributed by atoms with Crippen LogP contribution >= 0.6 is 0 Å². The number of nitrogens with two attached hydrogens (primary N) is 1. The van der Waals surface area contributed by atoms with Crippen molar-refractivity contribution in [1.29, 1.82) is 0 Å². The van der Waals surface area contributed by atoms with Crippen LogP contribution in [0.15, 0.2) is 18.5 Å². The number of hydrogen-bond acceptors (Lipinski definition) is 5. The van der Waals surface area contributed by atoms with Gasteiger partial charge < -0.3 is 15.5 Å². The summed E-state index contributed by atoms with van der Waals surface area (Å²) in [5.74, 6) is 0.0599. The number of nitrogens with zero attached hydrogens (tertiary/aromatic N) is 2. The first-order valence-corrected chi connectivity index (χ1v) is 11.6. The Kier molecular flexibility index (Phi) is 7.64. The molecule has 32 heavy (non-hydrogen) atoms. The normalized spacial score (nSPS) is 20.6. The largest absolute Gasteiger partial charge is 0.374 e. The Hall–Kier alpha value is -2.77. The molecule has 0 aromatic carbocycles. The third kappa shape index (κ3) is 5.93. The number of carbonyl (C=O) groups excluding carboxylic acids is 3. The lowest BCUT2D eigenvalue weighted by Gasteiger charge is -2.34. The minimum absolute atomic E-state index is 0.00532. The standard InChI is InChI=1S/C24H35N5O3/c1-16(30)22(25)18-8-11-26-14-19(18)27-15-21(31)29-12-4-5-20(29)23(32)28-13-17-6-9-24(2,3)10-7-17/h8,11,14,17,20,25,27H,4-7,9-10,12-13,15H2,1-3H3,(H,28,32)/p+1/t20-/m0/s1. The van der Waals surface area contributed by atoms with Crippen molar-refractivity contribution in [2.24, 2.45) is 11.3 Å². The van der Waals surface area contributed by atoms with E-state index in [2.05, 4.69) is 29.5 Å². The van der Waals surface area contributed by atoms with E-state index < -0.39 is 6.04 Å². The van der Waals surface area contributed by atoms with E-state index in [-0.39, 0.29) is 29.9 Å². The summed E-state index contributed by atoms with van der Waals surface area (Å²) in [5, 5.41) is 12.0. The van der Waals surface area contributed by atoms with Gasteiger partial charge in [0.1, 0.15) is 6.04 Å². The highest BCUT2D eigenvalue weighted by atomic mass is 16.2.